The maximum Gasteiger partial charge on any atom is 0.240 e. The third-order valence-corrected chi connectivity index (χ3v) is 7.20. The number of nitrogens with one attached hydrogen (secondary N) is 3. The molecule has 3 aromatic carbocycles. The number of carbonyl (C=O) groups excluding carboxylic acids is 1. The fourth-order valence-corrected chi connectivity index (χ4v) is 4.93. The average Bonchev–Trinajstić information content (AvgIpc) is 3.24. The zero-order valence-electron chi connectivity index (χ0n) is 17.8. The molecule has 0 saturated carbocycles. The van der Waals surface area contributed by atoms with E-state index in [4.69, 9.17) is 11.6 Å². The molecule has 1 amide bonds. The highest BCUT2D eigenvalue weighted by Crippen LogP contribution is 2.30. The highest BCUT2D eigenvalue weighted by atomic mass is 35.5. The first-order valence-corrected chi connectivity index (χ1v) is 12.4. The van der Waals surface area contributed by atoms with E-state index in [0.717, 1.165) is 22.0 Å². The van der Waals surface area contributed by atoms with Crippen molar-refractivity contribution < 1.29 is 13.2 Å². The largest absolute Gasteiger partial charge is 0.361 e. The van der Waals surface area contributed by atoms with E-state index in [2.05, 4.69) is 21.1 Å². The van der Waals surface area contributed by atoms with Crippen LogP contribution in [-0.2, 0) is 14.8 Å². The van der Waals surface area contributed by atoms with Gasteiger partial charge in [0, 0.05) is 47.6 Å². The monoisotopic (exact) mass is 481 g/mol. The molecule has 1 heterocycles. The maximum atomic E-state index is 12.5. The van der Waals surface area contributed by atoms with E-state index < -0.39 is 10.0 Å². The van der Waals surface area contributed by atoms with Crippen molar-refractivity contribution in [3.8, 4) is 0 Å². The number of amides is 1. The number of sulfonamides is 1. The summed E-state index contributed by atoms with van der Waals surface area (Å²) in [5.74, 6) is -0.272. The van der Waals surface area contributed by atoms with Crippen molar-refractivity contribution in [1.29, 1.82) is 0 Å². The standard InChI is InChI=1S/C25H24ClN3O3S/c26-19-10-12-20(13-11-19)33(31,32)29-15-14-25(30)28-16-22(18-6-2-1-3-7-18)23-17-27-24-9-5-4-8-21(23)24/h1-13,17,22,27,29H,14-16H2,(H,28,30). The number of rotatable bonds is 9. The molecule has 0 radical (unpaired) electrons. The average molecular weight is 482 g/mol. The van der Waals surface area contributed by atoms with E-state index in [9.17, 15) is 13.2 Å². The van der Waals surface area contributed by atoms with Crippen LogP contribution in [0.3, 0.4) is 0 Å². The zero-order valence-corrected chi connectivity index (χ0v) is 19.4. The van der Waals surface area contributed by atoms with Crippen LogP contribution in [0.1, 0.15) is 23.5 Å². The molecule has 8 heteroatoms. The minimum atomic E-state index is -3.70. The van der Waals surface area contributed by atoms with Gasteiger partial charge in [0.25, 0.3) is 0 Å². The number of hydrogen-bond donors (Lipinski definition) is 3. The first-order valence-electron chi connectivity index (χ1n) is 10.6. The predicted octanol–water partition coefficient (Wildman–Crippen LogP) is 4.44. The fourth-order valence-electron chi connectivity index (χ4n) is 3.78. The Kier molecular flexibility index (Phi) is 7.13. The lowest BCUT2D eigenvalue weighted by Gasteiger charge is -2.18. The van der Waals surface area contributed by atoms with Gasteiger partial charge in [-0.2, -0.15) is 0 Å². The Labute approximate surface area is 198 Å². The summed E-state index contributed by atoms with van der Waals surface area (Å²) in [6.45, 7) is 0.397. The smallest absolute Gasteiger partial charge is 0.240 e. The summed E-state index contributed by atoms with van der Waals surface area (Å²) in [5, 5.41) is 4.53. The number of halogens is 1. The quantitative estimate of drug-likeness (QED) is 0.330. The van der Waals surface area contributed by atoms with Crippen molar-refractivity contribution in [1.82, 2.24) is 15.0 Å². The van der Waals surface area contributed by atoms with Crippen LogP contribution < -0.4 is 10.0 Å². The summed E-state index contributed by atoms with van der Waals surface area (Å²) >= 11 is 5.81. The SMILES string of the molecule is O=C(CCNS(=O)(=O)c1ccc(Cl)cc1)NCC(c1ccccc1)c1c[nH]c2ccccc12. The number of carbonyl (C=O) groups is 1. The zero-order chi connectivity index (χ0) is 23.3. The molecular formula is C25H24ClN3O3S. The van der Waals surface area contributed by atoms with Crippen molar-refractivity contribution in [3.05, 3.63) is 101 Å². The highest BCUT2D eigenvalue weighted by molar-refractivity contribution is 7.89. The molecule has 6 nitrogen and oxygen atoms in total. The minimum Gasteiger partial charge on any atom is -0.361 e. The van der Waals surface area contributed by atoms with Crippen molar-refractivity contribution in [2.45, 2.75) is 17.2 Å². The van der Waals surface area contributed by atoms with Crippen molar-refractivity contribution >= 4 is 38.4 Å². The lowest BCUT2D eigenvalue weighted by Crippen LogP contribution is -2.33. The van der Waals surface area contributed by atoms with E-state index in [-0.39, 0.29) is 29.7 Å². The second kappa shape index (κ2) is 10.2. The van der Waals surface area contributed by atoms with Crippen LogP contribution in [-0.4, -0.2) is 32.4 Å². The summed E-state index contributed by atoms with van der Waals surface area (Å²) in [5.41, 5.74) is 3.22. The molecule has 0 fully saturated rings. The van der Waals surface area contributed by atoms with Gasteiger partial charge in [0.15, 0.2) is 0 Å². The van der Waals surface area contributed by atoms with Gasteiger partial charge in [0.1, 0.15) is 0 Å². The molecule has 0 spiro atoms. The summed E-state index contributed by atoms with van der Waals surface area (Å²) in [4.78, 5) is 15.9. The van der Waals surface area contributed by atoms with E-state index in [1.54, 1.807) is 0 Å². The van der Waals surface area contributed by atoms with Gasteiger partial charge in [-0.3, -0.25) is 4.79 Å². The summed E-state index contributed by atoms with van der Waals surface area (Å²) in [6, 6.07) is 23.9. The third kappa shape index (κ3) is 5.63. The Bertz CT molecular complexity index is 1340. The van der Waals surface area contributed by atoms with Gasteiger partial charge in [0.05, 0.1) is 4.90 Å². The third-order valence-electron chi connectivity index (χ3n) is 5.47. The second-order valence-corrected chi connectivity index (χ2v) is 9.86. The Morgan fingerprint density at radius 1 is 0.939 bits per heavy atom. The van der Waals surface area contributed by atoms with Crippen LogP contribution in [0.15, 0.2) is 90.0 Å². The number of H-pyrrole nitrogens is 1. The van der Waals surface area contributed by atoms with Gasteiger partial charge in [0.2, 0.25) is 15.9 Å². The number of para-hydroxylation sites is 1. The molecule has 1 atom stereocenters. The van der Waals surface area contributed by atoms with Gasteiger partial charge in [-0.25, -0.2) is 13.1 Å². The maximum absolute atomic E-state index is 12.5. The minimum absolute atomic E-state index is 0.000117. The molecule has 3 N–H and O–H groups in total. The molecule has 1 unspecified atom stereocenters. The lowest BCUT2D eigenvalue weighted by molar-refractivity contribution is -0.120. The first kappa shape index (κ1) is 23.0. The van der Waals surface area contributed by atoms with Crippen LogP contribution in [0, 0.1) is 0 Å². The summed E-state index contributed by atoms with van der Waals surface area (Å²) in [7, 11) is -3.70. The highest BCUT2D eigenvalue weighted by Gasteiger charge is 2.19. The van der Waals surface area contributed by atoms with Gasteiger partial charge in [-0.15, -0.1) is 0 Å². The first-order chi connectivity index (χ1) is 15.9. The second-order valence-electron chi connectivity index (χ2n) is 7.66. The van der Waals surface area contributed by atoms with Crippen LogP contribution in [0.2, 0.25) is 5.02 Å². The number of aromatic nitrogens is 1. The lowest BCUT2D eigenvalue weighted by atomic mass is 9.91. The molecule has 1 aromatic heterocycles. The molecule has 33 heavy (non-hydrogen) atoms. The molecule has 0 bridgehead atoms. The Morgan fingerprint density at radius 2 is 1.64 bits per heavy atom. The number of aromatic amines is 1. The van der Waals surface area contributed by atoms with Crippen LogP contribution in [0.5, 0.6) is 0 Å². The van der Waals surface area contributed by atoms with E-state index in [1.807, 2.05) is 54.7 Å². The Hall–Kier alpha value is -3.13. The van der Waals surface area contributed by atoms with Gasteiger partial charge in [-0.1, -0.05) is 60.1 Å². The molecule has 0 saturated heterocycles. The Morgan fingerprint density at radius 3 is 2.39 bits per heavy atom. The van der Waals surface area contributed by atoms with E-state index >= 15 is 0 Å². The van der Waals surface area contributed by atoms with E-state index in [1.165, 1.54) is 24.3 Å². The van der Waals surface area contributed by atoms with Crippen molar-refractivity contribution in [2.24, 2.45) is 0 Å². The van der Waals surface area contributed by atoms with Gasteiger partial charge in [-0.05, 0) is 41.5 Å². The molecule has 4 rings (SSSR count). The Balaban J connectivity index is 1.40. The van der Waals surface area contributed by atoms with Gasteiger partial charge >= 0.3 is 0 Å². The molecule has 0 aliphatic carbocycles. The topological polar surface area (TPSA) is 91.1 Å². The number of benzene rings is 3. The fraction of sp³-hybridized carbons (Fsp3) is 0.160. The van der Waals surface area contributed by atoms with Crippen LogP contribution >= 0.6 is 11.6 Å². The molecular weight excluding hydrogens is 458 g/mol. The predicted molar refractivity (Wildman–Crippen MR) is 131 cm³/mol. The molecule has 0 aliphatic heterocycles. The summed E-state index contributed by atoms with van der Waals surface area (Å²) < 4.78 is 27.2. The van der Waals surface area contributed by atoms with Crippen molar-refractivity contribution in [3.63, 3.8) is 0 Å². The van der Waals surface area contributed by atoms with Crippen LogP contribution in [0.25, 0.3) is 10.9 Å². The van der Waals surface area contributed by atoms with Gasteiger partial charge < -0.3 is 10.3 Å². The summed E-state index contributed by atoms with van der Waals surface area (Å²) in [6.07, 6.45) is 2.01. The van der Waals surface area contributed by atoms with Crippen molar-refractivity contribution in [2.75, 3.05) is 13.1 Å². The number of fused-ring (bicyclic) bond motifs is 1. The molecule has 4 aromatic rings. The molecule has 170 valence electrons. The van der Waals surface area contributed by atoms with E-state index in [0.29, 0.717) is 11.6 Å². The van der Waals surface area contributed by atoms with Crippen LogP contribution in [0.4, 0.5) is 0 Å². The normalized spacial score (nSPS) is 12.5. The number of hydrogen-bond acceptors (Lipinski definition) is 3. The molecule has 0 aliphatic rings.